The first-order chi connectivity index (χ1) is 10.2. The van der Waals surface area contributed by atoms with Crippen molar-refractivity contribution in [1.29, 1.82) is 0 Å². The first-order valence-corrected chi connectivity index (χ1v) is 7.12. The van der Waals surface area contributed by atoms with Gasteiger partial charge in [0.1, 0.15) is 5.69 Å². The molecular formula is C12H10Br2F2N4O2. The van der Waals surface area contributed by atoms with Crippen LogP contribution in [0.2, 0.25) is 0 Å². The number of benzene rings is 2. The molecule has 0 aromatic heterocycles. The number of anilines is 3. The van der Waals surface area contributed by atoms with Crippen LogP contribution in [0.25, 0.3) is 0 Å². The molecule has 0 radical (unpaired) electrons. The Morgan fingerprint density at radius 3 is 1.77 bits per heavy atom. The minimum absolute atomic E-state index is 0.00521. The van der Waals surface area contributed by atoms with Crippen molar-refractivity contribution in [2.75, 3.05) is 17.2 Å². The molecule has 0 atom stereocenters. The summed E-state index contributed by atoms with van der Waals surface area (Å²) >= 11 is 5.78. The van der Waals surface area contributed by atoms with E-state index in [1.54, 1.807) is 6.07 Å². The van der Waals surface area contributed by atoms with E-state index in [0.717, 1.165) is 0 Å². The molecular weight excluding hydrogens is 430 g/mol. The molecule has 2 aromatic rings. The number of hydrogen-bond acceptors (Lipinski definition) is 5. The van der Waals surface area contributed by atoms with Gasteiger partial charge < -0.3 is 17.2 Å². The Morgan fingerprint density at radius 2 is 1.36 bits per heavy atom. The quantitative estimate of drug-likeness (QED) is 0.354. The fourth-order valence-corrected chi connectivity index (χ4v) is 1.99. The largest absolute Gasteiger partial charge is 0.397 e. The van der Waals surface area contributed by atoms with Crippen LogP contribution in [0.5, 0.6) is 0 Å². The van der Waals surface area contributed by atoms with E-state index >= 15 is 0 Å². The molecule has 0 aliphatic rings. The molecule has 0 spiro atoms. The van der Waals surface area contributed by atoms with Gasteiger partial charge in [-0.2, -0.15) is 4.39 Å². The average Bonchev–Trinajstić information content (AvgIpc) is 2.46. The van der Waals surface area contributed by atoms with Crippen molar-refractivity contribution in [2.45, 2.75) is 0 Å². The summed E-state index contributed by atoms with van der Waals surface area (Å²) in [5.74, 6) is -1.44. The Bertz CT molecular complexity index is 702. The number of nitrogen functional groups attached to an aromatic ring is 3. The van der Waals surface area contributed by atoms with Crippen molar-refractivity contribution >= 4 is 54.6 Å². The third-order valence-electron chi connectivity index (χ3n) is 2.45. The first kappa shape index (κ1) is 18.1. The van der Waals surface area contributed by atoms with Crippen LogP contribution in [-0.4, -0.2) is 4.92 Å². The highest BCUT2D eigenvalue weighted by Crippen LogP contribution is 2.30. The van der Waals surface area contributed by atoms with Crippen LogP contribution in [0.1, 0.15) is 0 Å². The van der Waals surface area contributed by atoms with Gasteiger partial charge in [-0.3, -0.25) is 10.1 Å². The van der Waals surface area contributed by atoms with Gasteiger partial charge in [-0.1, -0.05) is 0 Å². The molecule has 2 rings (SSSR count). The van der Waals surface area contributed by atoms with Crippen molar-refractivity contribution in [3.63, 3.8) is 0 Å². The zero-order valence-corrected chi connectivity index (χ0v) is 14.0. The third kappa shape index (κ3) is 4.04. The van der Waals surface area contributed by atoms with E-state index in [0.29, 0.717) is 4.47 Å². The second kappa shape index (κ2) is 7.36. The van der Waals surface area contributed by atoms with Gasteiger partial charge in [0, 0.05) is 0 Å². The molecule has 6 N–H and O–H groups in total. The molecule has 0 saturated heterocycles. The normalized spacial score (nSPS) is 9.82. The number of nitrogens with two attached hydrogens (primary N) is 3. The average molecular weight is 440 g/mol. The standard InChI is InChI=1S/C6H4BrFN2O2.C6H6BrFN2/c7-3-1-2-4(9)6(5(3)8)10(11)12;7-3-1-2-4(9)6(10)5(3)8/h1-2H,9H2;1-2H,9-10H2. The second-order valence-electron chi connectivity index (χ2n) is 3.92. The van der Waals surface area contributed by atoms with E-state index in [4.69, 9.17) is 17.2 Å². The third-order valence-corrected chi connectivity index (χ3v) is 3.67. The smallest absolute Gasteiger partial charge is 0.328 e. The minimum atomic E-state index is -0.944. The molecule has 0 bridgehead atoms. The van der Waals surface area contributed by atoms with Crippen LogP contribution < -0.4 is 17.2 Å². The number of hydrogen-bond donors (Lipinski definition) is 3. The van der Waals surface area contributed by atoms with Gasteiger partial charge in [0.25, 0.3) is 0 Å². The lowest BCUT2D eigenvalue weighted by Crippen LogP contribution is -1.98. The molecule has 22 heavy (non-hydrogen) atoms. The summed E-state index contributed by atoms with van der Waals surface area (Å²) in [4.78, 5) is 9.41. The van der Waals surface area contributed by atoms with Crippen molar-refractivity contribution in [3.8, 4) is 0 Å². The molecule has 10 heteroatoms. The first-order valence-electron chi connectivity index (χ1n) is 5.53. The fourth-order valence-electron chi connectivity index (χ4n) is 1.32. The molecule has 0 fully saturated rings. The lowest BCUT2D eigenvalue weighted by molar-refractivity contribution is -0.386. The number of nitro benzene ring substituents is 1. The summed E-state index contributed by atoms with van der Waals surface area (Å²) < 4.78 is 26.0. The summed E-state index contributed by atoms with van der Waals surface area (Å²) in [7, 11) is 0. The molecule has 118 valence electrons. The second-order valence-corrected chi connectivity index (χ2v) is 5.63. The Labute approximate surface area is 140 Å². The van der Waals surface area contributed by atoms with Crippen molar-refractivity contribution in [3.05, 3.63) is 55.0 Å². The van der Waals surface area contributed by atoms with E-state index in [1.165, 1.54) is 18.2 Å². The van der Waals surface area contributed by atoms with Crippen molar-refractivity contribution in [2.24, 2.45) is 0 Å². The van der Waals surface area contributed by atoms with Crippen molar-refractivity contribution in [1.82, 2.24) is 0 Å². The van der Waals surface area contributed by atoms with E-state index in [9.17, 15) is 18.9 Å². The molecule has 0 aliphatic carbocycles. The lowest BCUT2D eigenvalue weighted by atomic mass is 10.2. The van der Waals surface area contributed by atoms with E-state index in [-0.39, 0.29) is 21.5 Å². The topological polar surface area (TPSA) is 121 Å². The highest BCUT2D eigenvalue weighted by atomic mass is 79.9. The SMILES string of the molecule is Nc1ccc(Br)c(F)c1N.Nc1ccc(Br)c(F)c1[N+](=O)[O-]. The molecule has 0 unspecified atom stereocenters. The molecule has 2 aromatic carbocycles. The van der Waals surface area contributed by atoms with Crippen molar-refractivity contribution < 1.29 is 13.7 Å². The van der Waals surface area contributed by atoms with Crippen LogP contribution in [0, 0.1) is 21.7 Å². The maximum atomic E-state index is 12.9. The monoisotopic (exact) mass is 438 g/mol. The maximum absolute atomic E-state index is 12.9. The van der Waals surface area contributed by atoms with Crippen LogP contribution in [0.15, 0.2) is 33.2 Å². The van der Waals surface area contributed by atoms with Crippen LogP contribution in [-0.2, 0) is 0 Å². The number of rotatable bonds is 1. The van der Waals surface area contributed by atoms with E-state index in [1.807, 2.05) is 0 Å². The van der Waals surface area contributed by atoms with Gasteiger partial charge in [0.15, 0.2) is 5.82 Å². The Morgan fingerprint density at radius 1 is 0.909 bits per heavy atom. The summed E-state index contributed by atoms with van der Waals surface area (Å²) in [6.45, 7) is 0. The van der Waals surface area contributed by atoms with Gasteiger partial charge in [0.2, 0.25) is 5.82 Å². The predicted octanol–water partition coefficient (Wildman–Crippen LogP) is 3.83. The molecule has 6 nitrogen and oxygen atoms in total. The van der Waals surface area contributed by atoms with Gasteiger partial charge in [-0.15, -0.1) is 0 Å². The molecule has 0 saturated carbocycles. The Balaban J connectivity index is 0.000000224. The van der Waals surface area contributed by atoms with Crippen LogP contribution in [0.3, 0.4) is 0 Å². The number of nitrogens with zero attached hydrogens (tertiary/aromatic N) is 1. The summed E-state index contributed by atoms with van der Waals surface area (Å²) in [6.07, 6.45) is 0. The Kier molecular flexibility index (Phi) is 6.06. The fraction of sp³-hybridized carbons (Fsp3) is 0. The molecule has 0 amide bonds. The maximum Gasteiger partial charge on any atom is 0.328 e. The summed E-state index contributed by atoms with van der Waals surface area (Å²) in [5, 5.41) is 10.3. The Hall–Kier alpha value is -1.94. The molecule has 0 aliphatic heterocycles. The highest BCUT2D eigenvalue weighted by Gasteiger charge is 2.20. The van der Waals surface area contributed by atoms with E-state index in [2.05, 4.69) is 31.9 Å². The van der Waals surface area contributed by atoms with Gasteiger partial charge in [-0.25, -0.2) is 4.39 Å². The van der Waals surface area contributed by atoms with Gasteiger partial charge in [0.05, 0.1) is 25.2 Å². The van der Waals surface area contributed by atoms with Gasteiger partial charge in [-0.05, 0) is 56.1 Å². The number of nitro groups is 1. The molecule has 0 heterocycles. The zero-order valence-electron chi connectivity index (χ0n) is 10.8. The minimum Gasteiger partial charge on any atom is -0.397 e. The highest BCUT2D eigenvalue weighted by molar-refractivity contribution is 9.10. The van der Waals surface area contributed by atoms with E-state index < -0.39 is 22.2 Å². The van der Waals surface area contributed by atoms with Crippen LogP contribution >= 0.6 is 31.9 Å². The number of halogens is 4. The lowest BCUT2D eigenvalue weighted by Gasteiger charge is -2.01. The summed E-state index contributed by atoms with van der Waals surface area (Å²) in [5.41, 5.74) is 15.1. The summed E-state index contributed by atoms with van der Waals surface area (Å²) in [6, 6.07) is 5.65. The van der Waals surface area contributed by atoms with Gasteiger partial charge >= 0.3 is 5.69 Å². The zero-order chi connectivity index (χ0) is 17.0. The van der Waals surface area contributed by atoms with Crippen LogP contribution in [0.4, 0.5) is 31.5 Å². The predicted molar refractivity (Wildman–Crippen MR) is 88.1 cm³/mol.